The summed E-state index contributed by atoms with van der Waals surface area (Å²) in [6.07, 6.45) is 1.33. The SMILES string of the molecule is CCCCCCC(C)S[C@@H]1O[C@H](CO)[C@@H](O)[C@H](O)[C@H]1O. The number of aliphatic hydroxyl groups excluding tert-OH is 4. The molecule has 1 fully saturated rings. The summed E-state index contributed by atoms with van der Waals surface area (Å²) in [5, 5.41) is 38.8. The quantitative estimate of drug-likeness (QED) is 0.498. The standard InChI is InChI=1S/C14H28O5S/c1-3-4-5-6-7-9(2)20-14-13(18)12(17)11(16)10(8-15)19-14/h9-18H,3-8H2,1-2H3/t9?,10-,11-,12+,13-,14+/m1/s1. The molecule has 6 atom stereocenters. The Morgan fingerprint density at radius 3 is 2.35 bits per heavy atom. The highest BCUT2D eigenvalue weighted by Crippen LogP contribution is 2.32. The van der Waals surface area contributed by atoms with Crippen LogP contribution in [0.5, 0.6) is 0 Å². The van der Waals surface area contributed by atoms with E-state index in [0.717, 1.165) is 12.8 Å². The number of aliphatic hydroxyl groups is 4. The van der Waals surface area contributed by atoms with Crippen LogP contribution in [-0.2, 0) is 4.74 Å². The molecule has 0 amide bonds. The molecule has 0 radical (unpaired) electrons. The molecule has 1 saturated heterocycles. The van der Waals surface area contributed by atoms with Crippen molar-refractivity contribution in [2.24, 2.45) is 0 Å². The lowest BCUT2D eigenvalue weighted by molar-refractivity contribution is -0.205. The highest BCUT2D eigenvalue weighted by Gasteiger charge is 2.43. The first-order chi connectivity index (χ1) is 9.51. The summed E-state index contributed by atoms with van der Waals surface area (Å²) in [6.45, 7) is 3.87. The van der Waals surface area contributed by atoms with E-state index in [1.165, 1.54) is 31.0 Å². The van der Waals surface area contributed by atoms with Gasteiger partial charge in [0.05, 0.1) is 6.61 Å². The molecule has 4 N–H and O–H groups in total. The third kappa shape index (κ3) is 5.16. The largest absolute Gasteiger partial charge is 0.394 e. The Morgan fingerprint density at radius 2 is 1.75 bits per heavy atom. The van der Waals surface area contributed by atoms with Crippen LogP contribution in [0.2, 0.25) is 0 Å². The van der Waals surface area contributed by atoms with E-state index in [4.69, 9.17) is 9.84 Å². The summed E-state index contributed by atoms with van der Waals surface area (Å²) in [5.41, 5.74) is -0.605. The summed E-state index contributed by atoms with van der Waals surface area (Å²) < 4.78 is 5.48. The maximum Gasteiger partial charge on any atom is 0.132 e. The van der Waals surface area contributed by atoms with Crippen LogP contribution in [0.4, 0.5) is 0 Å². The van der Waals surface area contributed by atoms with E-state index < -0.39 is 29.9 Å². The van der Waals surface area contributed by atoms with Crippen molar-refractivity contribution in [3.63, 3.8) is 0 Å². The monoisotopic (exact) mass is 308 g/mol. The molecule has 1 aliphatic heterocycles. The molecule has 120 valence electrons. The second kappa shape index (κ2) is 9.23. The van der Waals surface area contributed by atoms with Crippen LogP contribution in [0.15, 0.2) is 0 Å². The van der Waals surface area contributed by atoms with Crippen LogP contribution in [0.1, 0.15) is 46.0 Å². The van der Waals surface area contributed by atoms with Crippen LogP contribution < -0.4 is 0 Å². The summed E-state index contributed by atoms with van der Waals surface area (Å²) in [6, 6.07) is 0. The van der Waals surface area contributed by atoms with Crippen LogP contribution in [0.3, 0.4) is 0 Å². The van der Waals surface area contributed by atoms with Crippen LogP contribution in [-0.4, -0.2) is 62.1 Å². The van der Waals surface area contributed by atoms with Crippen molar-refractivity contribution in [2.75, 3.05) is 6.61 Å². The van der Waals surface area contributed by atoms with E-state index in [9.17, 15) is 15.3 Å². The Labute approximate surface area is 125 Å². The normalized spacial score (nSPS) is 36.0. The van der Waals surface area contributed by atoms with E-state index in [1.807, 2.05) is 0 Å². The van der Waals surface area contributed by atoms with E-state index >= 15 is 0 Å². The minimum absolute atomic E-state index is 0.299. The Hall–Kier alpha value is 0.150. The van der Waals surface area contributed by atoms with Crippen LogP contribution in [0, 0.1) is 0 Å². The molecule has 0 bridgehead atoms. The second-order valence-electron chi connectivity index (χ2n) is 5.49. The lowest BCUT2D eigenvalue weighted by atomic mass is 10.0. The van der Waals surface area contributed by atoms with Gasteiger partial charge in [-0.25, -0.2) is 0 Å². The van der Waals surface area contributed by atoms with Gasteiger partial charge in [0.1, 0.15) is 29.9 Å². The van der Waals surface area contributed by atoms with Crippen molar-refractivity contribution < 1.29 is 25.2 Å². The molecule has 1 unspecified atom stereocenters. The molecular formula is C14H28O5S. The second-order valence-corrected chi connectivity index (χ2v) is 7.03. The van der Waals surface area contributed by atoms with Crippen molar-refractivity contribution in [1.29, 1.82) is 0 Å². The van der Waals surface area contributed by atoms with E-state index in [0.29, 0.717) is 5.25 Å². The van der Waals surface area contributed by atoms with Gasteiger partial charge < -0.3 is 25.2 Å². The number of thioether (sulfide) groups is 1. The number of hydrogen-bond donors (Lipinski definition) is 4. The average molecular weight is 308 g/mol. The van der Waals surface area contributed by atoms with Gasteiger partial charge in [0.25, 0.3) is 0 Å². The molecule has 0 aliphatic carbocycles. The van der Waals surface area contributed by atoms with Gasteiger partial charge in [-0.1, -0.05) is 39.5 Å². The molecule has 1 rings (SSSR count). The molecule has 0 aromatic carbocycles. The first-order valence-electron chi connectivity index (χ1n) is 7.47. The Morgan fingerprint density at radius 1 is 1.05 bits per heavy atom. The molecule has 1 heterocycles. The van der Waals surface area contributed by atoms with Crippen molar-refractivity contribution in [3.8, 4) is 0 Å². The van der Waals surface area contributed by atoms with Gasteiger partial charge >= 0.3 is 0 Å². The fourth-order valence-corrected chi connectivity index (χ4v) is 3.62. The first-order valence-corrected chi connectivity index (χ1v) is 8.41. The van der Waals surface area contributed by atoms with Crippen molar-refractivity contribution in [3.05, 3.63) is 0 Å². The van der Waals surface area contributed by atoms with Gasteiger partial charge in [-0.3, -0.25) is 0 Å². The first kappa shape index (κ1) is 18.2. The van der Waals surface area contributed by atoms with Gasteiger partial charge in [-0.05, 0) is 6.42 Å². The molecule has 6 heteroatoms. The summed E-state index contributed by atoms with van der Waals surface area (Å²) in [7, 11) is 0. The van der Waals surface area contributed by atoms with Crippen molar-refractivity contribution >= 4 is 11.8 Å². The lowest BCUT2D eigenvalue weighted by Crippen LogP contribution is -2.57. The highest BCUT2D eigenvalue weighted by atomic mass is 32.2. The Balaban J connectivity index is 2.40. The van der Waals surface area contributed by atoms with E-state index in [2.05, 4.69) is 13.8 Å². The zero-order valence-corrected chi connectivity index (χ0v) is 13.1. The van der Waals surface area contributed by atoms with Gasteiger partial charge in [0.15, 0.2) is 0 Å². The number of unbranched alkanes of at least 4 members (excludes halogenated alkanes) is 3. The molecule has 0 spiro atoms. The van der Waals surface area contributed by atoms with Gasteiger partial charge in [0, 0.05) is 5.25 Å². The minimum atomic E-state index is -1.27. The summed E-state index contributed by atoms with van der Waals surface area (Å²) in [5.74, 6) is 0. The van der Waals surface area contributed by atoms with E-state index in [1.54, 1.807) is 0 Å². The molecule has 1 aliphatic rings. The third-order valence-corrected chi connectivity index (χ3v) is 5.04. The predicted octanol–water partition coefficient (Wildman–Crippen LogP) is 0.878. The summed E-state index contributed by atoms with van der Waals surface area (Å²) >= 11 is 1.46. The van der Waals surface area contributed by atoms with Crippen molar-refractivity contribution in [2.45, 2.75) is 81.1 Å². The lowest BCUT2D eigenvalue weighted by Gasteiger charge is -2.40. The number of rotatable bonds is 8. The fourth-order valence-electron chi connectivity index (χ4n) is 2.34. The molecule has 5 nitrogen and oxygen atoms in total. The van der Waals surface area contributed by atoms with Gasteiger partial charge in [-0.15, -0.1) is 11.8 Å². The van der Waals surface area contributed by atoms with Gasteiger partial charge in [0.2, 0.25) is 0 Å². The third-order valence-electron chi connectivity index (χ3n) is 3.68. The van der Waals surface area contributed by atoms with E-state index in [-0.39, 0.29) is 6.61 Å². The van der Waals surface area contributed by atoms with Crippen LogP contribution in [0.25, 0.3) is 0 Å². The average Bonchev–Trinajstić information content (AvgIpc) is 2.44. The van der Waals surface area contributed by atoms with Gasteiger partial charge in [-0.2, -0.15) is 0 Å². The summed E-state index contributed by atoms with van der Waals surface area (Å²) in [4.78, 5) is 0. The maximum atomic E-state index is 9.94. The maximum absolute atomic E-state index is 9.94. The smallest absolute Gasteiger partial charge is 0.132 e. The number of ether oxygens (including phenoxy) is 1. The Kier molecular flexibility index (Phi) is 8.39. The number of hydrogen-bond acceptors (Lipinski definition) is 6. The molecule has 0 aromatic heterocycles. The molecular weight excluding hydrogens is 280 g/mol. The zero-order chi connectivity index (χ0) is 15.1. The minimum Gasteiger partial charge on any atom is -0.394 e. The Bertz CT molecular complexity index is 264. The van der Waals surface area contributed by atoms with Crippen LogP contribution >= 0.6 is 11.8 Å². The molecule has 20 heavy (non-hydrogen) atoms. The molecule has 0 aromatic rings. The van der Waals surface area contributed by atoms with Crippen molar-refractivity contribution in [1.82, 2.24) is 0 Å². The molecule has 0 saturated carbocycles. The highest BCUT2D eigenvalue weighted by molar-refractivity contribution is 8.00. The fraction of sp³-hybridized carbons (Fsp3) is 1.00. The predicted molar refractivity (Wildman–Crippen MR) is 79.6 cm³/mol. The zero-order valence-electron chi connectivity index (χ0n) is 12.3. The topological polar surface area (TPSA) is 90.2 Å².